The van der Waals surface area contributed by atoms with Crippen molar-refractivity contribution in [3.63, 3.8) is 0 Å². The lowest BCUT2D eigenvalue weighted by atomic mass is 9.65. The van der Waals surface area contributed by atoms with Crippen LogP contribution in [0, 0.1) is 12.3 Å². The van der Waals surface area contributed by atoms with Gasteiger partial charge >= 0.3 is 0 Å². The summed E-state index contributed by atoms with van der Waals surface area (Å²) in [5.74, 6) is 1.72. The van der Waals surface area contributed by atoms with Gasteiger partial charge in [0.15, 0.2) is 11.5 Å². The Morgan fingerprint density at radius 1 is 1.16 bits per heavy atom. The van der Waals surface area contributed by atoms with Gasteiger partial charge in [0.25, 0.3) is 0 Å². The molecule has 0 amide bonds. The lowest BCUT2D eigenvalue weighted by molar-refractivity contribution is -0.0976. The first-order valence-corrected chi connectivity index (χ1v) is 6.89. The van der Waals surface area contributed by atoms with Crippen molar-refractivity contribution in [3.8, 4) is 11.5 Å². The van der Waals surface area contributed by atoms with Crippen molar-refractivity contribution in [2.75, 3.05) is 26.6 Å². The highest BCUT2D eigenvalue weighted by atomic mass is 16.7. The van der Waals surface area contributed by atoms with Gasteiger partial charge in [0.05, 0.1) is 13.2 Å². The molecule has 2 heterocycles. The molecule has 2 aliphatic heterocycles. The van der Waals surface area contributed by atoms with E-state index in [2.05, 4.69) is 19.1 Å². The molecule has 0 spiro atoms. The fourth-order valence-corrected chi connectivity index (χ4v) is 3.64. The monoisotopic (exact) mass is 261 g/mol. The van der Waals surface area contributed by atoms with Crippen molar-refractivity contribution in [1.29, 1.82) is 0 Å². The molecule has 1 saturated carbocycles. The molecule has 0 unspecified atom stereocenters. The van der Waals surface area contributed by atoms with E-state index in [1.807, 2.05) is 0 Å². The topological polar surface area (TPSA) is 53.7 Å². The van der Waals surface area contributed by atoms with Gasteiger partial charge in [-0.25, -0.2) is 0 Å². The molecule has 4 heteroatoms. The molecule has 19 heavy (non-hydrogen) atoms. The number of rotatable bonds is 3. The Morgan fingerprint density at radius 3 is 2.37 bits per heavy atom. The van der Waals surface area contributed by atoms with Gasteiger partial charge in [-0.05, 0) is 55.0 Å². The number of fused-ring (bicyclic) bond motifs is 1. The van der Waals surface area contributed by atoms with Crippen LogP contribution in [0.25, 0.3) is 0 Å². The van der Waals surface area contributed by atoms with Gasteiger partial charge in [0.2, 0.25) is 6.79 Å². The summed E-state index contributed by atoms with van der Waals surface area (Å²) in [6.45, 7) is 4.77. The van der Waals surface area contributed by atoms with Crippen molar-refractivity contribution < 1.29 is 14.2 Å². The summed E-state index contributed by atoms with van der Waals surface area (Å²) in [6.07, 6.45) is 2.42. The van der Waals surface area contributed by atoms with Crippen LogP contribution in [-0.4, -0.2) is 26.6 Å². The molecule has 3 aliphatic rings. The molecule has 0 atom stereocenters. The molecule has 1 saturated heterocycles. The molecular formula is C15H19NO3. The SMILES string of the molecule is Cc1cc2c(cc1C1(C3(CN)CC3)COC1)OCO2. The fraction of sp³-hybridized carbons (Fsp3) is 0.600. The van der Waals surface area contributed by atoms with Crippen molar-refractivity contribution in [2.45, 2.75) is 25.2 Å². The number of ether oxygens (including phenoxy) is 3. The van der Waals surface area contributed by atoms with Crippen molar-refractivity contribution >= 4 is 0 Å². The molecule has 0 aromatic heterocycles. The van der Waals surface area contributed by atoms with Crippen molar-refractivity contribution in [3.05, 3.63) is 23.3 Å². The summed E-state index contributed by atoms with van der Waals surface area (Å²) in [7, 11) is 0. The Balaban J connectivity index is 1.83. The second-order valence-electron chi connectivity index (χ2n) is 6.08. The largest absolute Gasteiger partial charge is 0.454 e. The van der Waals surface area contributed by atoms with Crippen LogP contribution in [0.15, 0.2) is 12.1 Å². The van der Waals surface area contributed by atoms with Crippen LogP contribution in [0.5, 0.6) is 11.5 Å². The van der Waals surface area contributed by atoms with Crippen LogP contribution >= 0.6 is 0 Å². The Bertz CT molecular complexity index is 532. The predicted octanol–water partition coefficient (Wildman–Crippen LogP) is 1.73. The average Bonchev–Trinajstić information content (AvgIpc) is 3.01. The summed E-state index contributed by atoms with van der Waals surface area (Å²) < 4.78 is 16.5. The Labute approximate surface area is 112 Å². The van der Waals surface area contributed by atoms with Gasteiger partial charge in [-0.3, -0.25) is 0 Å². The van der Waals surface area contributed by atoms with Crippen LogP contribution in [0.4, 0.5) is 0 Å². The molecule has 0 radical (unpaired) electrons. The van der Waals surface area contributed by atoms with Crippen LogP contribution < -0.4 is 15.2 Å². The third-order valence-electron chi connectivity index (χ3n) is 5.19. The van der Waals surface area contributed by atoms with Gasteiger partial charge in [0, 0.05) is 5.41 Å². The summed E-state index contributed by atoms with van der Waals surface area (Å²) in [6, 6.07) is 4.24. The van der Waals surface area contributed by atoms with E-state index in [-0.39, 0.29) is 10.8 Å². The predicted molar refractivity (Wildman–Crippen MR) is 70.5 cm³/mol. The number of hydrogen-bond acceptors (Lipinski definition) is 4. The summed E-state index contributed by atoms with van der Waals surface area (Å²) in [4.78, 5) is 0. The fourth-order valence-electron chi connectivity index (χ4n) is 3.64. The third-order valence-corrected chi connectivity index (χ3v) is 5.19. The first-order chi connectivity index (χ1) is 9.21. The van der Waals surface area contributed by atoms with E-state index in [0.29, 0.717) is 6.79 Å². The Hall–Kier alpha value is -1.26. The highest BCUT2D eigenvalue weighted by Crippen LogP contribution is 2.62. The van der Waals surface area contributed by atoms with Gasteiger partial charge in [-0.1, -0.05) is 0 Å². The highest BCUT2D eigenvalue weighted by molar-refractivity contribution is 5.52. The zero-order valence-electron chi connectivity index (χ0n) is 11.2. The molecule has 102 valence electrons. The minimum atomic E-state index is 0.0901. The molecule has 0 bridgehead atoms. The lowest BCUT2D eigenvalue weighted by Crippen LogP contribution is -2.56. The van der Waals surface area contributed by atoms with Crippen LogP contribution in [0.1, 0.15) is 24.0 Å². The van der Waals surface area contributed by atoms with E-state index in [1.165, 1.54) is 24.0 Å². The maximum absolute atomic E-state index is 6.05. The normalized spacial score (nSPS) is 24.9. The highest BCUT2D eigenvalue weighted by Gasteiger charge is 2.63. The Kier molecular flexibility index (Phi) is 2.22. The maximum Gasteiger partial charge on any atom is 0.231 e. The van der Waals surface area contributed by atoms with Crippen LogP contribution in [0.2, 0.25) is 0 Å². The molecule has 1 aromatic carbocycles. The van der Waals surface area contributed by atoms with E-state index < -0.39 is 0 Å². The molecule has 1 aliphatic carbocycles. The van der Waals surface area contributed by atoms with Gasteiger partial charge in [-0.2, -0.15) is 0 Å². The van der Waals surface area contributed by atoms with E-state index in [9.17, 15) is 0 Å². The van der Waals surface area contributed by atoms with E-state index >= 15 is 0 Å². The zero-order valence-corrected chi connectivity index (χ0v) is 11.2. The molecular weight excluding hydrogens is 242 g/mol. The molecule has 4 rings (SSSR count). The minimum Gasteiger partial charge on any atom is -0.454 e. The maximum atomic E-state index is 6.05. The summed E-state index contributed by atoms with van der Waals surface area (Å²) >= 11 is 0. The van der Waals surface area contributed by atoms with Crippen molar-refractivity contribution in [1.82, 2.24) is 0 Å². The first-order valence-electron chi connectivity index (χ1n) is 6.89. The third kappa shape index (κ3) is 1.36. The number of nitrogens with two attached hydrogens (primary N) is 1. The van der Waals surface area contributed by atoms with E-state index in [1.54, 1.807) is 0 Å². The standard InChI is InChI=1S/C15H19NO3/c1-10-4-12-13(19-9-18-12)5-11(10)15(7-17-8-15)14(6-16)2-3-14/h4-5H,2-3,6-9,16H2,1H3. The second kappa shape index (κ2) is 3.64. The minimum absolute atomic E-state index is 0.0901. The van der Waals surface area contributed by atoms with Crippen molar-refractivity contribution in [2.24, 2.45) is 11.1 Å². The Morgan fingerprint density at radius 2 is 1.84 bits per heavy atom. The van der Waals surface area contributed by atoms with Gasteiger partial charge in [0.1, 0.15) is 0 Å². The average molecular weight is 261 g/mol. The molecule has 4 nitrogen and oxygen atoms in total. The van der Waals surface area contributed by atoms with E-state index in [0.717, 1.165) is 31.3 Å². The zero-order chi connectivity index (χ0) is 13.1. The quantitative estimate of drug-likeness (QED) is 0.900. The summed E-state index contributed by atoms with van der Waals surface area (Å²) in [5, 5.41) is 0. The molecule has 2 N–H and O–H groups in total. The molecule has 2 fully saturated rings. The summed E-state index contributed by atoms with van der Waals surface area (Å²) in [5.41, 5.74) is 8.98. The lowest BCUT2D eigenvalue weighted by Gasteiger charge is -2.49. The van der Waals surface area contributed by atoms with Crippen LogP contribution in [0.3, 0.4) is 0 Å². The van der Waals surface area contributed by atoms with E-state index in [4.69, 9.17) is 19.9 Å². The van der Waals surface area contributed by atoms with Crippen LogP contribution in [-0.2, 0) is 10.2 Å². The first kappa shape index (κ1) is 11.6. The second-order valence-corrected chi connectivity index (χ2v) is 6.08. The van der Waals surface area contributed by atoms with Gasteiger partial charge in [-0.15, -0.1) is 0 Å². The smallest absolute Gasteiger partial charge is 0.231 e. The van der Waals surface area contributed by atoms with Gasteiger partial charge < -0.3 is 19.9 Å². The molecule has 1 aromatic rings. The number of hydrogen-bond donors (Lipinski definition) is 1. The number of aryl methyl sites for hydroxylation is 1. The number of benzene rings is 1.